The lowest BCUT2D eigenvalue weighted by Gasteiger charge is -2.12. The maximum atomic E-state index is 11.9. The highest BCUT2D eigenvalue weighted by molar-refractivity contribution is 5.69. The van der Waals surface area contributed by atoms with Gasteiger partial charge in [0, 0.05) is 12.8 Å². The third-order valence-electron chi connectivity index (χ3n) is 6.57. The van der Waals surface area contributed by atoms with Crippen molar-refractivity contribution in [1.82, 2.24) is 0 Å². The number of carbonyl (C=O) groups excluding carboxylic acids is 2. The first kappa shape index (κ1) is 40.3. The van der Waals surface area contributed by atoms with Gasteiger partial charge in [0.25, 0.3) is 0 Å². The van der Waals surface area contributed by atoms with E-state index in [1.54, 1.807) is 12.2 Å². The zero-order valence-electron chi connectivity index (χ0n) is 27.0. The Labute approximate surface area is 262 Å². The number of carbonyl (C=O) groups is 2. The molecule has 0 aromatic rings. The lowest BCUT2D eigenvalue weighted by Crippen LogP contribution is -2.25. The summed E-state index contributed by atoms with van der Waals surface area (Å²) in [5.41, 5.74) is 0. The highest BCUT2D eigenvalue weighted by atomic mass is 16.6. The molecular formula is C37H60O6. The smallest absolute Gasteiger partial charge is 0.305 e. The van der Waals surface area contributed by atoms with Gasteiger partial charge in [0.1, 0.15) is 19.3 Å². The molecule has 0 aliphatic carbocycles. The van der Waals surface area contributed by atoms with Gasteiger partial charge in [0.05, 0.1) is 6.10 Å². The fraction of sp³-hybridized carbons (Fsp3) is 0.622. The zero-order chi connectivity index (χ0) is 31.6. The number of hydrogen-bond donors (Lipinski definition) is 2. The van der Waals surface area contributed by atoms with Crippen molar-refractivity contribution < 1.29 is 29.3 Å². The molecule has 0 fully saturated rings. The fourth-order valence-electron chi connectivity index (χ4n) is 4.02. The number of hydrogen-bond acceptors (Lipinski definition) is 6. The van der Waals surface area contributed by atoms with Gasteiger partial charge in [-0.25, -0.2) is 0 Å². The van der Waals surface area contributed by atoms with Crippen molar-refractivity contribution in [2.45, 2.75) is 135 Å². The maximum absolute atomic E-state index is 11.9. The standard InChI is InChI=1S/C37H60O6/c1-3-5-7-9-11-13-14-15-16-17-18-19-21-22-24-26-28-34(38)30-31-37(41)43-33-35(39)32-42-36(40)29-27-25-23-20-12-10-8-6-4-2/h5,7,11,13,15-16,18-19,22,24,26,28,34-35,38-39H,3-4,6,8-10,12,14,17,20-21,23,25,27,29-33H2,1-2H3/b7-5-,13-11-,16-15-,19-18-,24-22-,28-26-/t34?,35-/m0/s1. The van der Waals surface area contributed by atoms with Crippen molar-refractivity contribution in [2.24, 2.45) is 0 Å². The number of unbranched alkanes of at least 4 members (excludes halogenated alkanes) is 8. The summed E-state index contributed by atoms with van der Waals surface area (Å²) in [6.07, 6.45) is 38.6. The molecule has 6 nitrogen and oxygen atoms in total. The quantitative estimate of drug-likeness (QED) is 0.0403. The third-order valence-corrected chi connectivity index (χ3v) is 6.57. The second kappa shape index (κ2) is 32.2. The van der Waals surface area contributed by atoms with Crippen LogP contribution in [-0.4, -0.2) is 47.6 Å². The Morgan fingerprint density at radius 3 is 1.58 bits per heavy atom. The van der Waals surface area contributed by atoms with Crippen LogP contribution >= 0.6 is 0 Å². The van der Waals surface area contributed by atoms with E-state index in [0.29, 0.717) is 6.42 Å². The van der Waals surface area contributed by atoms with Crippen LogP contribution in [0.25, 0.3) is 0 Å². The van der Waals surface area contributed by atoms with E-state index in [9.17, 15) is 19.8 Å². The molecule has 43 heavy (non-hydrogen) atoms. The van der Waals surface area contributed by atoms with Gasteiger partial charge in [-0.3, -0.25) is 9.59 Å². The lowest BCUT2D eigenvalue weighted by atomic mass is 10.1. The fourth-order valence-corrected chi connectivity index (χ4v) is 4.02. The second-order valence-corrected chi connectivity index (χ2v) is 10.8. The Kier molecular flexibility index (Phi) is 30.2. The second-order valence-electron chi connectivity index (χ2n) is 10.8. The predicted molar refractivity (Wildman–Crippen MR) is 179 cm³/mol. The van der Waals surface area contributed by atoms with Crippen molar-refractivity contribution in [3.05, 3.63) is 72.9 Å². The van der Waals surface area contributed by atoms with E-state index in [-0.39, 0.29) is 32.0 Å². The number of ether oxygens (including phenoxy) is 2. The maximum Gasteiger partial charge on any atom is 0.305 e. The summed E-state index contributed by atoms with van der Waals surface area (Å²) >= 11 is 0. The minimum atomic E-state index is -1.06. The van der Waals surface area contributed by atoms with Crippen LogP contribution in [0.4, 0.5) is 0 Å². The van der Waals surface area contributed by atoms with Crippen LogP contribution < -0.4 is 0 Å². The van der Waals surface area contributed by atoms with Crippen molar-refractivity contribution in [3.63, 3.8) is 0 Å². The lowest BCUT2D eigenvalue weighted by molar-refractivity contribution is -0.152. The molecule has 2 N–H and O–H groups in total. The molecule has 244 valence electrons. The predicted octanol–water partition coefficient (Wildman–Crippen LogP) is 8.80. The van der Waals surface area contributed by atoms with E-state index in [1.807, 2.05) is 12.2 Å². The van der Waals surface area contributed by atoms with Crippen LogP contribution in [0.2, 0.25) is 0 Å². The van der Waals surface area contributed by atoms with Gasteiger partial charge in [0.15, 0.2) is 0 Å². The summed E-state index contributed by atoms with van der Waals surface area (Å²) in [7, 11) is 0. The van der Waals surface area contributed by atoms with Gasteiger partial charge >= 0.3 is 11.9 Å². The summed E-state index contributed by atoms with van der Waals surface area (Å²) in [6.45, 7) is 3.92. The van der Waals surface area contributed by atoms with E-state index >= 15 is 0 Å². The van der Waals surface area contributed by atoms with E-state index in [2.05, 4.69) is 62.5 Å². The molecule has 2 atom stereocenters. The Morgan fingerprint density at radius 1 is 0.581 bits per heavy atom. The monoisotopic (exact) mass is 600 g/mol. The molecule has 0 aliphatic heterocycles. The molecule has 0 radical (unpaired) electrons. The van der Waals surface area contributed by atoms with E-state index in [0.717, 1.165) is 51.4 Å². The minimum absolute atomic E-state index is 0.0300. The Hall–Kier alpha value is -2.70. The van der Waals surface area contributed by atoms with E-state index in [4.69, 9.17) is 9.47 Å². The molecule has 0 aromatic heterocycles. The largest absolute Gasteiger partial charge is 0.463 e. The molecule has 0 aliphatic rings. The Morgan fingerprint density at radius 2 is 1.05 bits per heavy atom. The van der Waals surface area contributed by atoms with Crippen LogP contribution in [0.3, 0.4) is 0 Å². The van der Waals surface area contributed by atoms with Crippen molar-refractivity contribution in [1.29, 1.82) is 0 Å². The van der Waals surface area contributed by atoms with Gasteiger partial charge in [-0.15, -0.1) is 0 Å². The summed E-state index contributed by atoms with van der Waals surface area (Å²) in [6, 6.07) is 0. The first-order valence-corrected chi connectivity index (χ1v) is 16.6. The average Bonchev–Trinajstić information content (AvgIpc) is 3.00. The molecule has 0 saturated carbocycles. The van der Waals surface area contributed by atoms with E-state index < -0.39 is 18.2 Å². The minimum Gasteiger partial charge on any atom is -0.463 e. The SMILES string of the molecule is CC/C=C\C/C=C\C/C=C\C/C=C\C/C=C\C=C/C(O)CCC(=O)OC[C@@H](O)COC(=O)CCCCCCCCCCC. The number of aliphatic hydroxyl groups is 2. The highest BCUT2D eigenvalue weighted by Crippen LogP contribution is 2.11. The van der Waals surface area contributed by atoms with Crippen LogP contribution in [0, 0.1) is 0 Å². The van der Waals surface area contributed by atoms with Crippen molar-refractivity contribution in [3.8, 4) is 0 Å². The van der Waals surface area contributed by atoms with Gasteiger partial charge in [-0.05, 0) is 44.9 Å². The highest BCUT2D eigenvalue weighted by Gasteiger charge is 2.13. The number of allylic oxidation sites excluding steroid dienone is 11. The van der Waals surface area contributed by atoms with Crippen LogP contribution in [-0.2, 0) is 19.1 Å². The first-order chi connectivity index (χ1) is 21.0. The summed E-state index contributed by atoms with van der Waals surface area (Å²) in [5.74, 6) is -0.849. The van der Waals surface area contributed by atoms with Gasteiger partial charge in [-0.2, -0.15) is 0 Å². The number of rotatable bonds is 28. The molecule has 1 unspecified atom stereocenters. The number of esters is 2. The normalized spacial score (nSPS) is 13.9. The molecule has 0 aromatic carbocycles. The van der Waals surface area contributed by atoms with Crippen LogP contribution in [0.1, 0.15) is 123 Å². The zero-order valence-corrected chi connectivity index (χ0v) is 27.0. The number of aliphatic hydroxyl groups excluding tert-OH is 2. The molecule has 0 bridgehead atoms. The average molecular weight is 601 g/mol. The molecular weight excluding hydrogens is 540 g/mol. The summed E-state index contributed by atoms with van der Waals surface area (Å²) in [5, 5.41) is 20.0. The summed E-state index contributed by atoms with van der Waals surface area (Å²) in [4.78, 5) is 23.7. The molecule has 0 heterocycles. The Balaban J connectivity index is 3.78. The molecule has 0 saturated heterocycles. The molecule has 0 rings (SSSR count). The van der Waals surface area contributed by atoms with Crippen molar-refractivity contribution in [2.75, 3.05) is 13.2 Å². The van der Waals surface area contributed by atoms with Gasteiger partial charge in [-0.1, -0.05) is 138 Å². The molecule has 6 heteroatoms. The van der Waals surface area contributed by atoms with Crippen LogP contribution in [0.5, 0.6) is 0 Å². The first-order valence-electron chi connectivity index (χ1n) is 16.6. The van der Waals surface area contributed by atoms with E-state index in [1.165, 1.54) is 38.5 Å². The van der Waals surface area contributed by atoms with Gasteiger partial charge in [0.2, 0.25) is 0 Å². The van der Waals surface area contributed by atoms with Gasteiger partial charge < -0.3 is 19.7 Å². The van der Waals surface area contributed by atoms with Crippen LogP contribution in [0.15, 0.2) is 72.9 Å². The summed E-state index contributed by atoms with van der Waals surface area (Å²) < 4.78 is 10.1. The topological polar surface area (TPSA) is 93.1 Å². The molecule has 0 spiro atoms. The Bertz CT molecular complexity index is 836. The third kappa shape index (κ3) is 32.1. The van der Waals surface area contributed by atoms with Crippen molar-refractivity contribution >= 4 is 11.9 Å². The molecule has 0 amide bonds.